The summed E-state index contributed by atoms with van der Waals surface area (Å²) in [4.78, 5) is 3.57. The average Bonchev–Trinajstić information content (AvgIpc) is 2.83. The second-order valence-electron chi connectivity index (χ2n) is 4.65. The van der Waals surface area contributed by atoms with E-state index in [4.69, 9.17) is 0 Å². The first-order valence-electron chi connectivity index (χ1n) is 5.81. The molecule has 18 heavy (non-hydrogen) atoms. The molecule has 1 heterocycles. The van der Waals surface area contributed by atoms with Crippen LogP contribution in [0.15, 0.2) is 40.9 Å². The van der Waals surface area contributed by atoms with Crippen molar-refractivity contribution >= 4 is 49.4 Å². The lowest BCUT2D eigenvalue weighted by atomic mass is 10.1. The Bertz CT molecular complexity index is 789. The van der Waals surface area contributed by atoms with Gasteiger partial charge in [0.1, 0.15) is 0 Å². The Morgan fingerprint density at radius 2 is 2.00 bits per heavy atom. The van der Waals surface area contributed by atoms with Crippen LogP contribution in [0.2, 0.25) is 0 Å². The average molecular weight is 410 g/mol. The molecule has 0 saturated carbocycles. The van der Waals surface area contributed by atoms with Gasteiger partial charge in [0.2, 0.25) is 0 Å². The normalized spacial score (nSPS) is 12.8. The maximum atomic E-state index is 3.57. The molecule has 0 amide bonds. The fraction of sp³-hybridized carbons (Fsp3) is 0.0667. The summed E-state index contributed by atoms with van der Waals surface area (Å²) in [5.74, 6) is 0. The maximum Gasteiger partial charge on any atom is 0.0503 e. The molecule has 0 spiro atoms. The van der Waals surface area contributed by atoms with E-state index < -0.39 is 0 Å². The van der Waals surface area contributed by atoms with E-state index in [9.17, 15) is 0 Å². The van der Waals surface area contributed by atoms with E-state index in [0.717, 1.165) is 10.9 Å². The molecule has 0 unspecified atom stereocenters. The van der Waals surface area contributed by atoms with Crippen molar-refractivity contribution in [2.75, 3.05) is 0 Å². The van der Waals surface area contributed by atoms with Crippen LogP contribution in [0.4, 0.5) is 0 Å². The van der Waals surface area contributed by atoms with Gasteiger partial charge in [0.25, 0.3) is 0 Å². The fourth-order valence-corrected chi connectivity index (χ4v) is 3.68. The smallest absolute Gasteiger partial charge is 0.0503 e. The molecule has 2 aromatic carbocycles. The molecule has 0 saturated heterocycles. The number of fused-ring (bicyclic) bond motifs is 5. The zero-order chi connectivity index (χ0) is 12.3. The van der Waals surface area contributed by atoms with Gasteiger partial charge in [0, 0.05) is 30.9 Å². The van der Waals surface area contributed by atoms with Gasteiger partial charge in [-0.25, -0.2) is 0 Å². The van der Waals surface area contributed by atoms with Crippen LogP contribution in [0.25, 0.3) is 22.2 Å². The van der Waals surface area contributed by atoms with E-state index >= 15 is 0 Å². The predicted octanol–water partition coefficient (Wildman–Crippen LogP) is 5.11. The van der Waals surface area contributed by atoms with Crippen LogP contribution < -0.4 is 0 Å². The maximum absolute atomic E-state index is 3.57. The van der Waals surface area contributed by atoms with Crippen molar-refractivity contribution in [3.63, 3.8) is 0 Å². The Kier molecular flexibility index (Phi) is 2.36. The second-order valence-corrected chi connectivity index (χ2v) is 6.81. The molecule has 0 aliphatic heterocycles. The molecule has 0 radical (unpaired) electrons. The van der Waals surface area contributed by atoms with Crippen LogP contribution >= 0.6 is 38.5 Å². The van der Waals surface area contributed by atoms with E-state index in [0.29, 0.717) is 0 Å². The largest absolute Gasteiger partial charge is 0.354 e. The molecule has 1 N–H and O–H groups in total. The van der Waals surface area contributed by atoms with Crippen molar-refractivity contribution in [2.24, 2.45) is 0 Å². The quantitative estimate of drug-likeness (QED) is 0.388. The molecule has 0 bridgehead atoms. The number of aromatic nitrogens is 1. The first-order valence-corrected chi connectivity index (χ1v) is 7.68. The van der Waals surface area contributed by atoms with Gasteiger partial charge in [-0.2, -0.15) is 0 Å². The van der Waals surface area contributed by atoms with Gasteiger partial charge in [0.05, 0.1) is 5.69 Å². The summed E-state index contributed by atoms with van der Waals surface area (Å²) in [5.41, 5.74) is 6.75. The first kappa shape index (κ1) is 11.1. The summed E-state index contributed by atoms with van der Waals surface area (Å²) in [5, 5.41) is 1.36. The molecule has 3 heteroatoms. The first-order chi connectivity index (χ1) is 8.72. The number of H-pyrrole nitrogens is 1. The number of halogens is 2. The van der Waals surface area contributed by atoms with Crippen molar-refractivity contribution < 1.29 is 0 Å². The van der Waals surface area contributed by atoms with Crippen LogP contribution in [0.1, 0.15) is 11.1 Å². The summed E-state index contributed by atoms with van der Waals surface area (Å²) < 4.78 is 2.43. The van der Waals surface area contributed by atoms with E-state index in [1.54, 1.807) is 0 Å². The van der Waals surface area contributed by atoms with Crippen LogP contribution in [0.3, 0.4) is 0 Å². The third-order valence-electron chi connectivity index (χ3n) is 3.57. The van der Waals surface area contributed by atoms with Gasteiger partial charge in [-0.3, -0.25) is 0 Å². The molecular weight excluding hydrogens is 401 g/mol. The monoisotopic (exact) mass is 409 g/mol. The third kappa shape index (κ3) is 1.50. The molecule has 0 fully saturated rings. The highest BCUT2D eigenvalue weighted by molar-refractivity contribution is 14.1. The van der Waals surface area contributed by atoms with Gasteiger partial charge in [0.15, 0.2) is 0 Å². The molecule has 1 aliphatic rings. The number of hydrogen-bond donors (Lipinski definition) is 1. The molecule has 88 valence electrons. The molecule has 0 atom stereocenters. The summed E-state index contributed by atoms with van der Waals surface area (Å²) in [6.45, 7) is 0. The zero-order valence-corrected chi connectivity index (χ0v) is 13.2. The highest BCUT2D eigenvalue weighted by Gasteiger charge is 2.22. The summed E-state index contributed by atoms with van der Waals surface area (Å²) >= 11 is 5.90. The summed E-state index contributed by atoms with van der Waals surface area (Å²) in [6, 6.07) is 13.2. The number of benzene rings is 2. The molecular formula is C15H9BrIN. The van der Waals surface area contributed by atoms with E-state index in [2.05, 4.69) is 79.9 Å². The Labute approximate surface area is 127 Å². The number of rotatable bonds is 0. The Balaban J connectivity index is 2.04. The van der Waals surface area contributed by atoms with Crippen molar-refractivity contribution in [2.45, 2.75) is 6.42 Å². The van der Waals surface area contributed by atoms with Gasteiger partial charge in [-0.15, -0.1) is 0 Å². The zero-order valence-electron chi connectivity index (χ0n) is 9.43. The number of nitrogens with one attached hydrogen (secondary N) is 1. The predicted molar refractivity (Wildman–Crippen MR) is 87.0 cm³/mol. The van der Waals surface area contributed by atoms with Crippen molar-refractivity contribution in [3.8, 4) is 11.3 Å². The highest BCUT2D eigenvalue weighted by atomic mass is 127. The standard InChI is InChI=1S/C15H9BrIN/c16-9-1-3-11-8(5-9)6-13-12-4-2-10(17)7-14(12)18-15(11)13/h1-5,7,18H,6H2. The van der Waals surface area contributed by atoms with E-state index in [-0.39, 0.29) is 0 Å². The van der Waals surface area contributed by atoms with Crippen molar-refractivity contribution in [1.29, 1.82) is 0 Å². The van der Waals surface area contributed by atoms with E-state index in [1.807, 2.05) is 0 Å². The minimum atomic E-state index is 1.03. The summed E-state index contributed by atoms with van der Waals surface area (Å²) in [7, 11) is 0. The minimum absolute atomic E-state index is 1.03. The molecule has 1 nitrogen and oxygen atoms in total. The third-order valence-corrected chi connectivity index (χ3v) is 4.74. The second kappa shape index (κ2) is 3.84. The lowest BCUT2D eigenvalue weighted by molar-refractivity contribution is 1.28. The SMILES string of the molecule is Brc1ccc2c(c1)Cc1c-2[nH]c2cc(I)ccc12. The topological polar surface area (TPSA) is 15.8 Å². The summed E-state index contributed by atoms with van der Waals surface area (Å²) in [6.07, 6.45) is 1.03. The Morgan fingerprint density at radius 3 is 2.89 bits per heavy atom. The Morgan fingerprint density at radius 1 is 1.11 bits per heavy atom. The molecule has 4 rings (SSSR count). The van der Waals surface area contributed by atoms with Crippen molar-refractivity contribution in [3.05, 3.63) is 55.6 Å². The van der Waals surface area contributed by atoms with Crippen LogP contribution in [0, 0.1) is 3.57 Å². The lowest BCUT2D eigenvalue weighted by Crippen LogP contribution is -1.82. The van der Waals surface area contributed by atoms with Crippen LogP contribution in [-0.2, 0) is 6.42 Å². The highest BCUT2D eigenvalue weighted by Crippen LogP contribution is 2.41. The molecule has 1 aromatic heterocycles. The number of aromatic amines is 1. The Hall–Kier alpha value is -0.810. The van der Waals surface area contributed by atoms with Gasteiger partial charge in [-0.05, 0) is 58.0 Å². The van der Waals surface area contributed by atoms with Crippen LogP contribution in [-0.4, -0.2) is 4.98 Å². The van der Waals surface area contributed by atoms with Gasteiger partial charge >= 0.3 is 0 Å². The van der Waals surface area contributed by atoms with Crippen LogP contribution in [0.5, 0.6) is 0 Å². The van der Waals surface area contributed by atoms with Crippen molar-refractivity contribution in [1.82, 2.24) is 4.98 Å². The lowest BCUT2D eigenvalue weighted by Gasteiger charge is -2.00. The van der Waals surface area contributed by atoms with Gasteiger partial charge in [-0.1, -0.05) is 28.1 Å². The molecule has 1 aliphatic carbocycles. The minimum Gasteiger partial charge on any atom is -0.354 e. The van der Waals surface area contributed by atoms with E-state index in [1.165, 1.54) is 36.9 Å². The van der Waals surface area contributed by atoms with Gasteiger partial charge < -0.3 is 4.98 Å². The fourth-order valence-electron chi connectivity index (χ4n) is 2.78. The molecule has 3 aromatic rings. The number of hydrogen-bond acceptors (Lipinski definition) is 0.